The molecule has 49 heavy (non-hydrogen) atoms. The van der Waals surface area contributed by atoms with Gasteiger partial charge in [-0.3, -0.25) is 0 Å². The molecule has 0 amide bonds. The Morgan fingerprint density at radius 2 is 1.49 bits per heavy atom. The number of phenols is 2. The van der Waals surface area contributed by atoms with Crippen molar-refractivity contribution in [3.63, 3.8) is 0 Å². The predicted molar refractivity (Wildman–Crippen MR) is 208 cm³/mol. The summed E-state index contributed by atoms with van der Waals surface area (Å²) in [4.78, 5) is 0. The molecule has 0 atom stereocenters. The fourth-order valence-corrected chi connectivity index (χ4v) is 6.95. The van der Waals surface area contributed by atoms with Gasteiger partial charge >= 0.3 is 0 Å². The summed E-state index contributed by atoms with van der Waals surface area (Å²) in [7, 11) is 1.89. The number of furan rings is 1. The third kappa shape index (κ3) is 5.98. The van der Waals surface area contributed by atoms with Gasteiger partial charge in [0.25, 0.3) is 0 Å². The molecule has 0 fully saturated rings. The second-order valence-corrected chi connectivity index (χ2v) is 12.5. The number of hydrogen-bond acceptors (Lipinski definition) is 3. The molecule has 4 heteroatoms. The van der Waals surface area contributed by atoms with E-state index in [4.69, 9.17) is 4.42 Å². The second-order valence-electron chi connectivity index (χ2n) is 12.5. The summed E-state index contributed by atoms with van der Waals surface area (Å²) >= 11 is 0. The molecule has 238 valence electrons. The highest BCUT2D eigenvalue weighted by atomic mass is 16.3. The molecule has 0 unspecified atom stereocenters. The second kappa shape index (κ2) is 13.3. The molecular weight excluding hydrogens is 599 g/mol. The van der Waals surface area contributed by atoms with Crippen molar-refractivity contribution in [2.75, 3.05) is 0 Å². The summed E-state index contributed by atoms with van der Waals surface area (Å²) in [5.41, 5.74) is 9.99. The average molecular weight is 637 g/mol. The number of aryl methyl sites for hydroxylation is 2. The van der Waals surface area contributed by atoms with Crippen molar-refractivity contribution in [2.24, 2.45) is 0 Å². The van der Waals surface area contributed by atoms with Crippen molar-refractivity contribution in [3.05, 3.63) is 178 Å². The van der Waals surface area contributed by atoms with Crippen molar-refractivity contribution in [1.82, 2.24) is 0 Å². The van der Waals surface area contributed by atoms with Crippen molar-refractivity contribution >= 4 is 52.3 Å². The lowest BCUT2D eigenvalue weighted by atomic mass is 9.85. The van der Waals surface area contributed by atoms with Gasteiger partial charge in [0.15, 0.2) is 0 Å². The van der Waals surface area contributed by atoms with Gasteiger partial charge < -0.3 is 14.6 Å². The molecule has 0 spiro atoms. The smallest absolute Gasteiger partial charge is 0.142 e. The van der Waals surface area contributed by atoms with Crippen LogP contribution >= 0.6 is 0 Å². The molecule has 0 aliphatic heterocycles. The monoisotopic (exact) mass is 636 g/mol. The lowest BCUT2D eigenvalue weighted by molar-refractivity contribution is 0.452. The van der Waals surface area contributed by atoms with Crippen molar-refractivity contribution in [1.29, 1.82) is 0 Å². The number of rotatable bonds is 6. The Morgan fingerprint density at radius 3 is 2.27 bits per heavy atom. The van der Waals surface area contributed by atoms with Crippen molar-refractivity contribution in [2.45, 2.75) is 20.8 Å². The molecule has 0 aliphatic carbocycles. The zero-order valence-corrected chi connectivity index (χ0v) is 28.2. The minimum atomic E-state index is 0.0517. The Morgan fingerprint density at radius 1 is 0.755 bits per heavy atom. The van der Waals surface area contributed by atoms with E-state index < -0.39 is 0 Å². The minimum absolute atomic E-state index is 0.0517. The minimum Gasteiger partial charge on any atom is -0.508 e. The van der Waals surface area contributed by atoms with Crippen LogP contribution in [-0.2, 0) is 0 Å². The third-order valence-corrected chi connectivity index (χ3v) is 9.22. The summed E-state index contributed by atoms with van der Waals surface area (Å²) < 4.78 is 6.60. The summed E-state index contributed by atoms with van der Waals surface area (Å²) in [6.07, 6.45) is 8.60. The molecule has 0 saturated carbocycles. The van der Waals surface area contributed by atoms with E-state index in [9.17, 15) is 10.2 Å². The van der Waals surface area contributed by atoms with E-state index in [0.717, 1.165) is 76.8 Å². The van der Waals surface area contributed by atoms with Gasteiger partial charge in [0.2, 0.25) is 0 Å². The van der Waals surface area contributed by atoms with E-state index in [1.807, 2.05) is 26.9 Å². The quantitative estimate of drug-likeness (QED) is 0.143. The molecule has 1 aromatic heterocycles. The van der Waals surface area contributed by atoms with Gasteiger partial charge in [-0.2, -0.15) is 0 Å². The van der Waals surface area contributed by atoms with Crippen LogP contribution in [0.15, 0.2) is 144 Å². The Kier molecular flexibility index (Phi) is 8.54. The standard InChI is InChI=1S/C45H37BO3/c1-4-5-15-38(42-29(3)49-45-37-18-11-7-13-31(37)23-24-39(42)45)44(35-16-9-6-12-28(35)2)36-17-10-8-14-33(36)25-30-19-21-32(22-20-30)43-40(46)26-34(47)27-41(43)48/h4-27,47-48H,46H2,1-3H3/b5-4-,33-25+,38-15+,44-36+. The van der Waals surface area contributed by atoms with Gasteiger partial charge in [-0.1, -0.05) is 127 Å². The fourth-order valence-electron chi connectivity index (χ4n) is 6.95. The Hall–Kier alpha value is -6.00. The van der Waals surface area contributed by atoms with Gasteiger partial charge in [0, 0.05) is 28.0 Å². The van der Waals surface area contributed by atoms with Crippen LogP contribution in [0.2, 0.25) is 0 Å². The number of fused-ring (bicyclic) bond motifs is 3. The maximum atomic E-state index is 10.6. The van der Waals surface area contributed by atoms with Gasteiger partial charge in [0.1, 0.15) is 30.7 Å². The Bertz CT molecular complexity index is 2530. The van der Waals surface area contributed by atoms with E-state index in [1.165, 1.54) is 11.6 Å². The van der Waals surface area contributed by atoms with Crippen LogP contribution in [0.1, 0.15) is 34.9 Å². The van der Waals surface area contributed by atoms with E-state index >= 15 is 0 Å². The first-order chi connectivity index (χ1) is 23.8. The normalized spacial score (nSPS) is 13.1. The molecule has 2 N–H and O–H groups in total. The maximum Gasteiger partial charge on any atom is 0.142 e. The Labute approximate surface area is 287 Å². The average Bonchev–Trinajstić information content (AvgIpc) is 3.44. The van der Waals surface area contributed by atoms with E-state index in [1.54, 1.807) is 6.07 Å². The molecular formula is C45H37BO3. The van der Waals surface area contributed by atoms with E-state index in [0.29, 0.717) is 5.56 Å². The highest BCUT2D eigenvalue weighted by Crippen LogP contribution is 2.41. The van der Waals surface area contributed by atoms with Gasteiger partial charge in [-0.25, -0.2) is 0 Å². The first-order valence-corrected chi connectivity index (χ1v) is 16.6. The molecule has 0 saturated heterocycles. The topological polar surface area (TPSA) is 53.6 Å². The van der Waals surface area contributed by atoms with Crippen LogP contribution in [-0.4, -0.2) is 18.1 Å². The summed E-state index contributed by atoms with van der Waals surface area (Å²) in [5, 5.41) is 26.1. The molecule has 0 bridgehead atoms. The lowest BCUT2D eigenvalue weighted by Gasteiger charge is -2.16. The highest BCUT2D eigenvalue weighted by Gasteiger charge is 2.22. The van der Waals surface area contributed by atoms with Crippen LogP contribution < -0.4 is 15.9 Å². The molecule has 0 aliphatic rings. The fraction of sp³-hybridized carbons (Fsp3) is 0.0667. The molecule has 0 radical (unpaired) electrons. The van der Waals surface area contributed by atoms with Crippen LogP contribution in [0.5, 0.6) is 11.5 Å². The van der Waals surface area contributed by atoms with E-state index in [2.05, 4.69) is 135 Å². The largest absolute Gasteiger partial charge is 0.508 e. The lowest BCUT2D eigenvalue weighted by Crippen LogP contribution is -2.28. The number of phenolic OH excluding ortho intramolecular Hbond substituents is 2. The van der Waals surface area contributed by atoms with Crippen LogP contribution in [0.25, 0.3) is 50.1 Å². The molecule has 3 nitrogen and oxygen atoms in total. The number of benzene rings is 6. The number of allylic oxidation sites excluding steroid dienone is 4. The zero-order valence-electron chi connectivity index (χ0n) is 28.2. The number of hydrogen-bond donors (Lipinski definition) is 2. The van der Waals surface area contributed by atoms with E-state index in [-0.39, 0.29) is 11.5 Å². The molecule has 7 rings (SSSR count). The Balaban J connectivity index is 1.50. The van der Waals surface area contributed by atoms with Crippen molar-refractivity contribution in [3.8, 4) is 22.6 Å². The highest BCUT2D eigenvalue weighted by molar-refractivity contribution is 6.36. The molecule has 6 aromatic carbocycles. The predicted octanol–water partition coefficient (Wildman–Crippen LogP) is 8.23. The summed E-state index contributed by atoms with van der Waals surface area (Å²) in [6.45, 7) is 6.28. The van der Waals surface area contributed by atoms with Crippen molar-refractivity contribution < 1.29 is 14.6 Å². The third-order valence-electron chi connectivity index (χ3n) is 9.22. The zero-order chi connectivity index (χ0) is 34.1. The first-order valence-electron chi connectivity index (χ1n) is 16.6. The molecule has 1 heterocycles. The molecule has 7 aromatic rings. The van der Waals surface area contributed by atoms with Gasteiger partial charge in [-0.15, -0.1) is 0 Å². The summed E-state index contributed by atoms with van der Waals surface area (Å²) in [5.74, 6) is 0.987. The number of aromatic hydroxyl groups is 2. The van der Waals surface area contributed by atoms with Gasteiger partial charge in [0.05, 0.1) is 0 Å². The van der Waals surface area contributed by atoms with Crippen LogP contribution in [0.4, 0.5) is 0 Å². The summed E-state index contributed by atoms with van der Waals surface area (Å²) in [6, 6.07) is 41.1. The first kappa shape index (κ1) is 31.6. The SMILES string of the molecule is Bc1cc(O)cc(O)c1-c1ccc(\C=c2/cccc/c2=C(\C(=C\C=C/C)c2c(C)oc3c2ccc2ccccc23)c2ccccc2C)cc1. The van der Waals surface area contributed by atoms with Crippen LogP contribution in [0.3, 0.4) is 0 Å². The maximum absolute atomic E-state index is 10.6. The van der Waals surface area contributed by atoms with Gasteiger partial charge in [-0.05, 0) is 88.2 Å². The van der Waals surface area contributed by atoms with Crippen LogP contribution in [0, 0.1) is 13.8 Å².